The van der Waals surface area contributed by atoms with Gasteiger partial charge in [-0.05, 0) is 103 Å². The molecular formula is C73H129N2O6P. The summed E-state index contributed by atoms with van der Waals surface area (Å²) < 4.78 is 23.4. The number of hydrogen-bond acceptors (Lipinski definition) is 6. The van der Waals surface area contributed by atoms with Crippen molar-refractivity contribution in [3.8, 4) is 0 Å². The first-order chi connectivity index (χ1) is 40.0. The minimum Gasteiger partial charge on any atom is -0.756 e. The van der Waals surface area contributed by atoms with Gasteiger partial charge in [-0.15, -0.1) is 0 Å². The third-order valence-corrected chi connectivity index (χ3v) is 15.6. The van der Waals surface area contributed by atoms with Gasteiger partial charge in [-0.25, -0.2) is 0 Å². The minimum atomic E-state index is -4.63. The van der Waals surface area contributed by atoms with E-state index < -0.39 is 26.6 Å². The van der Waals surface area contributed by atoms with Gasteiger partial charge in [0.2, 0.25) is 5.91 Å². The van der Waals surface area contributed by atoms with E-state index in [2.05, 4.69) is 129 Å². The quantitative estimate of drug-likeness (QED) is 0.0272. The molecule has 0 radical (unpaired) electrons. The van der Waals surface area contributed by atoms with E-state index in [0.29, 0.717) is 17.4 Å². The van der Waals surface area contributed by atoms with Crippen molar-refractivity contribution in [3.63, 3.8) is 0 Å². The van der Waals surface area contributed by atoms with Gasteiger partial charge in [0.1, 0.15) is 13.2 Å². The largest absolute Gasteiger partial charge is 0.756 e. The van der Waals surface area contributed by atoms with Crippen LogP contribution in [-0.4, -0.2) is 68.5 Å². The smallest absolute Gasteiger partial charge is 0.268 e. The van der Waals surface area contributed by atoms with Gasteiger partial charge in [-0.3, -0.25) is 9.36 Å². The number of carbonyl (C=O) groups excluding carboxylic acids is 1. The molecule has 3 unspecified atom stereocenters. The van der Waals surface area contributed by atoms with Gasteiger partial charge in [0.05, 0.1) is 39.9 Å². The maximum atomic E-state index is 13.0. The van der Waals surface area contributed by atoms with Crippen molar-refractivity contribution in [2.75, 3.05) is 40.9 Å². The minimum absolute atomic E-state index is 0.0162. The average Bonchev–Trinajstić information content (AvgIpc) is 3.47. The van der Waals surface area contributed by atoms with Gasteiger partial charge in [0.15, 0.2) is 0 Å². The van der Waals surface area contributed by atoms with Crippen LogP contribution in [0, 0.1) is 0 Å². The summed E-state index contributed by atoms with van der Waals surface area (Å²) >= 11 is 0. The molecule has 82 heavy (non-hydrogen) atoms. The summed E-state index contributed by atoms with van der Waals surface area (Å²) in [6, 6.07) is -0.924. The monoisotopic (exact) mass is 1160 g/mol. The summed E-state index contributed by atoms with van der Waals surface area (Å²) in [5.74, 6) is -0.221. The molecule has 0 aromatic rings. The lowest BCUT2D eigenvalue weighted by atomic mass is 10.0. The van der Waals surface area contributed by atoms with Crippen LogP contribution >= 0.6 is 7.82 Å². The molecule has 0 bridgehead atoms. The molecule has 3 atom stereocenters. The molecule has 0 aliphatic heterocycles. The number of quaternary nitrogens is 1. The number of phosphoric ester groups is 1. The molecular weight excluding hydrogens is 1030 g/mol. The van der Waals surface area contributed by atoms with Crippen LogP contribution in [0.15, 0.2) is 122 Å². The van der Waals surface area contributed by atoms with E-state index in [9.17, 15) is 19.4 Å². The fourth-order valence-electron chi connectivity index (χ4n) is 9.40. The molecule has 0 aromatic carbocycles. The summed E-state index contributed by atoms with van der Waals surface area (Å²) in [5.41, 5.74) is 0. The van der Waals surface area contributed by atoms with E-state index in [1.54, 1.807) is 6.08 Å². The molecule has 472 valence electrons. The highest BCUT2D eigenvalue weighted by Gasteiger charge is 2.23. The number of hydrogen-bond donors (Lipinski definition) is 2. The van der Waals surface area contributed by atoms with Crippen molar-refractivity contribution >= 4 is 13.7 Å². The van der Waals surface area contributed by atoms with E-state index >= 15 is 0 Å². The van der Waals surface area contributed by atoms with Crippen LogP contribution in [0.4, 0.5) is 0 Å². The Balaban J connectivity index is 4.22. The van der Waals surface area contributed by atoms with Gasteiger partial charge >= 0.3 is 0 Å². The average molecular weight is 1160 g/mol. The maximum Gasteiger partial charge on any atom is 0.268 e. The molecule has 0 heterocycles. The number of nitrogens with zero attached hydrogens (tertiary/aromatic N) is 1. The number of carbonyl (C=O) groups is 1. The molecule has 2 N–H and O–H groups in total. The second-order valence-corrected chi connectivity index (χ2v) is 25.2. The first-order valence-electron chi connectivity index (χ1n) is 33.9. The molecule has 8 nitrogen and oxygen atoms in total. The summed E-state index contributed by atoms with van der Waals surface area (Å²) in [6.07, 6.45) is 93.1. The van der Waals surface area contributed by atoms with Crippen LogP contribution in [0.1, 0.15) is 284 Å². The second kappa shape index (κ2) is 62.4. The summed E-state index contributed by atoms with van der Waals surface area (Å²) in [4.78, 5) is 25.6. The first kappa shape index (κ1) is 78.9. The highest BCUT2D eigenvalue weighted by molar-refractivity contribution is 7.45. The predicted octanol–water partition coefficient (Wildman–Crippen LogP) is 21.0. The molecule has 0 saturated heterocycles. The first-order valence-corrected chi connectivity index (χ1v) is 35.4. The SMILES string of the molecule is CC/C=C\C/C=C\C/C=C\C/C=C\C/C=C\C/C=C\C/C=C\CCCCCCCCCCCC(=O)NC(COP(=O)([O-])OCC[N+](C)(C)C)C(O)/C=C/CC/C=C/CC/C=C/CCCCCCCCCCCCCCCCCCCCC. The van der Waals surface area contributed by atoms with Crippen LogP contribution < -0.4 is 10.2 Å². The molecule has 1 amide bonds. The predicted molar refractivity (Wildman–Crippen MR) is 357 cm³/mol. The molecule has 0 spiro atoms. The van der Waals surface area contributed by atoms with Crippen molar-refractivity contribution in [3.05, 3.63) is 122 Å². The number of nitrogens with one attached hydrogen (secondary N) is 1. The lowest BCUT2D eigenvalue weighted by Crippen LogP contribution is -2.45. The van der Waals surface area contributed by atoms with Crippen molar-refractivity contribution in [2.45, 2.75) is 296 Å². The molecule has 0 saturated carbocycles. The highest BCUT2D eigenvalue weighted by atomic mass is 31.2. The fourth-order valence-corrected chi connectivity index (χ4v) is 10.1. The van der Waals surface area contributed by atoms with E-state index in [1.807, 2.05) is 27.2 Å². The van der Waals surface area contributed by atoms with Crippen molar-refractivity contribution in [2.24, 2.45) is 0 Å². The van der Waals surface area contributed by atoms with Crippen molar-refractivity contribution < 1.29 is 32.9 Å². The van der Waals surface area contributed by atoms with Crippen LogP contribution in [0.25, 0.3) is 0 Å². The standard InChI is InChI=1S/C73H129N2O6P/c1-6-8-10-12-14-16-18-20-22-24-26-28-30-32-34-36-37-39-41-43-45-47-49-51-53-55-57-59-61-63-65-67-73(77)74-71(70-81-82(78,79)80-69-68-75(3,4)5)72(76)66-64-62-60-58-56-54-52-50-48-46-44-42-40-38-35-33-31-29-27-25-23-21-19-17-15-13-11-9-7-2/h8,10,14,16,20,22,26,28,32,34,37,39,43,45,48,50,56,58,64,66,71-72,76H,6-7,9,11-13,15,17-19,21,23-25,27,29-31,33,35-36,38,40-42,44,46-47,49,51-55,57,59-63,65,67-70H2,1-5H3,(H-,74,77,78,79)/b10-8-,16-14-,22-20-,28-26-,34-32-,39-37-,45-43-,50-48+,58-56+,66-64+. The molecule has 0 aromatic heterocycles. The van der Waals surface area contributed by atoms with E-state index in [-0.39, 0.29) is 12.5 Å². The highest BCUT2D eigenvalue weighted by Crippen LogP contribution is 2.38. The Morgan fingerprint density at radius 1 is 0.439 bits per heavy atom. The number of allylic oxidation sites excluding steroid dienone is 19. The van der Waals surface area contributed by atoms with Gasteiger partial charge in [-0.1, -0.05) is 296 Å². The fraction of sp³-hybridized carbons (Fsp3) is 0.712. The van der Waals surface area contributed by atoms with E-state index in [0.717, 1.165) is 103 Å². The summed E-state index contributed by atoms with van der Waals surface area (Å²) in [5, 5.41) is 13.9. The third kappa shape index (κ3) is 64.5. The summed E-state index contributed by atoms with van der Waals surface area (Å²) in [6.45, 7) is 4.51. The van der Waals surface area contributed by atoms with Crippen LogP contribution in [-0.2, 0) is 18.4 Å². The lowest BCUT2D eigenvalue weighted by Gasteiger charge is -2.29. The second-order valence-electron chi connectivity index (χ2n) is 23.8. The third-order valence-electron chi connectivity index (χ3n) is 14.6. The zero-order valence-electron chi connectivity index (χ0n) is 53.9. The van der Waals surface area contributed by atoms with Crippen LogP contribution in [0.3, 0.4) is 0 Å². The number of unbranched alkanes of at least 4 members (excludes halogenated alkanes) is 30. The van der Waals surface area contributed by atoms with Crippen molar-refractivity contribution in [1.82, 2.24) is 5.32 Å². The number of aliphatic hydroxyl groups is 1. The molecule has 0 rings (SSSR count). The topological polar surface area (TPSA) is 108 Å². The number of phosphoric acid groups is 1. The van der Waals surface area contributed by atoms with E-state index in [1.165, 1.54) is 161 Å². The Labute approximate surface area is 507 Å². The molecule has 0 aliphatic carbocycles. The van der Waals surface area contributed by atoms with Gasteiger partial charge in [0, 0.05) is 6.42 Å². The van der Waals surface area contributed by atoms with Crippen LogP contribution in [0.2, 0.25) is 0 Å². The van der Waals surface area contributed by atoms with Crippen LogP contribution in [0.5, 0.6) is 0 Å². The Morgan fingerprint density at radius 2 is 0.756 bits per heavy atom. The number of rotatable bonds is 61. The Bertz CT molecular complexity index is 1750. The number of amides is 1. The zero-order chi connectivity index (χ0) is 59.8. The number of aliphatic hydroxyl groups excluding tert-OH is 1. The van der Waals surface area contributed by atoms with E-state index in [4.69, 9.17) is 9.05 Å². The molecule has 9 heteroatoms. The molecule has 0 aliphatic rings. The lowest BCUT2D eigenvalue weighted by molar-refractivity contribution is -0.870. The number of likely N-dealkylation sites (N-methyl/N-ethyl adjacent to an activating group) is 1. The molecule has 0 fully saturated rings. The Morgan fingerprint density at radius 3 is 1.13 bits per heavy atom. The normalized spacial score (nSPS) is 14.5. The van der Waals surface area contributed by atoms with Gasteiger partial charge in [-0.2, -0.15) is 0 Å². The van der Waals surface area contributed by atoms with Gasteiger partial charge in [0.25, 0.3) is 7.82 Å². The summed E-state index contributed by atoms with van der Waals surface area (Å²) in [7, 11) is 1.22. The Kier molecular flexibility index (Phi) is 60.1. The zero-order valence-corrected chi connectivity index (χ0v) is 54.8. The van der Waals surface area contributed by atoms with Crippen molar-refractivity contribution in [1.29, 1.82) is 0 Å². The Hall–Kier alpha value is -3.10. The van der Waals surface area contributed by atoms with Gasteiger partial charge < -0.3 is 28.8 Å². The maximum absolute atomic E-state index is 13.0.